The molecule has 0 saturated carbocycles. The van der Waals surface area contributed by atoms with E-state index in [2.05, 4.69) is 74.7 Å². The number of rotatable bonds is 38. The summed E-state index contributed by atoms with van der Waals surface area (Å²) in [5.41, 5.74) is 0. The summed E-state index contributed by atoms with van der Waals surface area (Å²) in [6.07, 6.45) is 46.0. The summed E-state index contributed by atoms with van der Waals surface area (Å²) in [5, 5.41) is 23.5. The molecular weight excluding hydrogens is 647 g/mol. The first-order valence-corrected chi connectivity index (χ1v) is 21.9. The number of carbonyl (C=O) groups excluding carboxylic acids is 2. The largest absolute Gasteiger partial charge is 0.462 e. The molecule has 0 aromatic rings. The third-order valence-electron chi connectivity index (χ3n) is 9.64. The minimum atomic E-state index is -0.792. The molecule has 6 nitrogen and oxygen atoms in total. The number of esters is 1. The summed E-state index contributed by atoms with van der Waals surface area (Å²) >= 11 is 0. The van der Waals surface area contributed by atoms with Gasteiger partial charge in [0.05, 0.1) is 25.2 Å². The fourth-order valence-electron chi connectivity index (χ4n) is 6.31. The maximum Gasteiger partial charge on any atom is 0.306 e. The van der Waals surface area contributed by atoms with E-state index in [4.69, 9.17) is 4.74 Å². The molecule has 3 unspecified atom stereocenters. The molecule has 302 valence electrons. The van der Waals surface area contributed by atoms with Gasteiger partial charge in [-0.3, -0.25) is 9.59 Å². The van der Waals surface area contributed by atoms with Crippen LogP contribution in [-0.2, 0) is 14.3 Å². The standard InChI is InChI=1S/C46H83NO5/c1-4-7-10-13-16-19-21-22-23-24-27-30-33-36-39-46(51)52-42(37-34-31-28-25-18-15-12-9-6-3)40-45(50)47-43(41-48)44(49)38-35-32-29-26-20-17-14-11-8-5-2/h7,10,15-16,18-19,22-23,42-44,48-49H,4-6,8-9,11-14,17,20-21,24-41H2,1-3H3,(H,47,50)/b10-7+,18-15-,19-16+,23-22+. The molecule has 0 aliphatic carbocycles. The van der Waals surface area contributed by atoms with Crippen molar-refractivity contribution in [3.8, 4) is 0 Å². The number of hydrogen-bond acceptors (Lipinski definition) is 5. The van der Waals surface area contributed by atoms with Crippen LogP contribution in [0.15, 0.2) is 48.6 Å². The molecule has 0 bridgehead atoms. The highest BCUT2D eigenvalue weighted by Gasteiger charge is 2.24. The van der Waals surface area contributed by atoms with Gasteiger partial charge in [-0.2, -0.15) is 0 Å². The number of unbranched alkanes of at least 4 members (excludes halogenated alkanes) is 18. The molecule has 0 heterocycles. The Morgan fingerprint density at radius 2 is 1.06 bits per heavy atom. The van der Waals surface area contributed by atoms with Gasteiger partial charge in [-0.05, 0) is 77.0 Å². The van der Waals surface area contributed by atoms with Crippen molar-refractivity contribution < 1.29 is 24.5 Å². The van der Waals surface area contributed by atoms with E-state index in [0.29, 0.717) is 19.3 Å². The second-order valence-corrected chi connectivity index (χ2v) is 14.7. The fourth-order valence-corrected chi connectivity index (χ4v) is 6.31. The maximum atomic E-state index is 13.1. The van der Waals surface area contributed by atoms with E-state index in [1.54, 1.807) is 0 Å². The minimum Gasteiger partial charge on any atom is -0.462 e. The lowest BCUT2D eigenvalue weighted by atomic mass is 10.0. The van der Waals surface area contributed by atoms with E-state index in [1.807, 2.05) is 0 Å². The molecule has 3 atom stereocenters. The highest BCUT2D eigenvalue weighted by Crippen LogP contribution is 2.17. The van der Waals surface area contributed by atoms with Gasteiger partial charge < -0.3 is 20.3 Å². The predicted molar refractivity (Wildman–Crippen MR) is 222 cm³/mol. The molecule has 0 aromatic heterocycles. The zero-order valence-corrected chi connectivity index (χ0v) is 34.2. The van der Waals surface area contributed by atoms with Gasteiger partial charge in [0.2, 0.25) is 5.91 Å². The van der Waals surface area contributed by atoms with E-state index in [-0.39, 0.29) is 24.9 Å². The van der Waals surface area contributed by atoms with E-state index < -0.39 is 18.2 Å². The van der Waals surface area contributed by atoms with Crippen molar-refractivity contribution in [3.63, 3.8) is 0 Å². The van der Waals surface area contributed by atoms with Crippen molar-refractivity contribution in [2.75, 3.05) is 6.61 Å². The second kappa shape index (κ2) is 40.0. The number of nitrogens with one attached hydrogen (secondary N) is 1. The van der Waals surface area contributed by atoms with Crippen LogP contribution in [0.3, 0.4) is 0 Å². The Balaban J connectivity index is 4.60. The first-order valence-electron chi connectivity index (χ1n) is 21.9. The van der Waals surface area contributed by atoms with Crippen molar-refractivity contribution >= 4 is 11.9 Å². The Hall–Kier alpha value is -2.18. The van der Waals surface area contributed by atoms with Gasteiger partial charge in [0, 0.05) is 6.42 Å². The summed E-state index contributed by atoms with van der Waals surface area (Å²) in [6, 6.07) is -0.707. The predicted octanol–water partition coefficient (Wildman–Crippen LogP) is 12.3. The molecular formula is C46H83NO5. The van der Waals surface area contributed by atoms with Gasteiger partial charge in [-0.15, -0.1) is 0 Å². The average molecular weight is 730 g/mol. The summed E-state index contributed by atoms with van der Waals surface area (Å²) in [7, 11) is 0. The first kappa shape index (κ1) is 49.8. The van der Waals surface area contributed by atoms with Gasteiger partial charge in [-0.25, -0.2) is 0 Å². The van der Waals surface area contributed by atoms with E-state index in [9.17, 15) is 19.8 Å². The van der Waals surface area contributed by atoms with E-state index in [0.717, 1.165) is 103 Å². The molecule has 1 amide bonds. The van der Waals surface area contributed by atoms with Gasteiger partial charge in [0.25, 0.3) is 0 Å². The molecule has 0 aliphatic rings. The quantitative estimate of drug-likeness (QED) is 0.0334. The van der Waals surface area contributed by atoms with Gasteiger partial charge in [-0.1, -0.05) is 166 Å². The number of ether oxygens (including phenoxy) is 1. The Morgan fingerprint density at radius 3 is 1.67 bits per heavy atom. The van der Waals surface area contributed by atoms with Crippen LogP contribution in [0.4, 0.5) is 0 Å². The lowest BCUT2D eigenvalue weighted by Gasteiger charge is -2.24. The number of allylic oxidation sites excluding steroid dienone is 8. The molecule has 0 spiro atoms. The second-order valence-electron chi connectivity index (χ2n) is 14.7. The van der Waals surface area contributed by atoms with Crippen LogP contribution in [0.1, 0.15) is 207 Å². The Bertz CT molecular complexity index is 910. The van der Waals surface area contributed by atoms with Crippen LogP contribution in [0.25, 0.3) is 0 Å². The first-order chi connectivity index (χ1) is 25.5. The minimum absolute atomic E-state index is 0.0566. The molecule has 0 saturated heterocycles. The fraction of sp³-hybridized carbons (Fsp3) is 0.783. The highest BCUT2D eigenvalue weighted by molar-refractivity contribution is 5.77. The van der Waals surface area contributed by atoms with Crippen molar-refractivity contribution in [1.82, 2.24) is 5.32 Å². The smallest absolute Gasteiger partial charge is 0.306 e. The molecule has 0 aromatic carbocycles. The monoisotopic (exact) mass is 730 g/mol. The zero-order chi connectivity index (χ0) is 38.2. The highest BCUT2D eigenvalue weighted by atomic mass is 16.5. The Labute approximate surface area is 321 Å². The molecule has 3 N–H and O–H groups in total. The van der Waals surface area contributed by atoms with Crippen LogP contribution < -0.4 is 5.32 Å². The van der Waals surface area contributed by atoms with Crippen molar-refractivity contribution in [2.45, 2.75) is 225 Å². The molecule has 0 rings (SSSR count). The van der Waals surface area contributed by atoms with Crippen LogP contribution >= 0.6 is 0 Å². The molecule has 0 aliphatic heterocycles. The van der Waals surface area contributed by atoms with Gasteiger partial charge in [0.15, 0.2) is 0 Å². The van der Waals surface area contributed by atoms with Crippen molar-refractivity contribution in [1.29, 1.82) is 0 Å². The topological polar surface area (TPSA) is 95.9 Å². The third-order valence-corrected chi connectivity index (χ3v) is 9.64. The summed E-state index contributed by atoms with van der Waals surface area (Å²) < 4.78 is 5.86. The maximum absolute atomic E-state index is 13.1. The normalized spacial score (nSPS) is 13.9. The SMILES string of the molecule is CC/C=C/C/C=C/C/C=C/CCCCCCC(=O)OC(CCCCC/C=C\CCCC)CC(=O)NC(CO)C(O)CCCCCCCCCCCC. The number of aliphatic hydroxyl groups excluding tert-OH is 2. The van der Waals surface area contributed by atoms with Crippen molar-refractivity contribution in [2.24, 2.45) is 0 Å². The van der Waals surface area contributed by atoms with Crippen LogP contribution in [-0.4, -0.2) is 46.9 Å². The molecule has 6 heteroatoms. The van der Waals surface area contributed by atoms with Crippen LogP contribution in [0, 0.1) is 0 Å². The van der Waals surface area contributed by atoms with E-state index >= 15 is 0 Å². The molecule has 0 fully saturated rings. The lowest BCUT2D eigenvalue weighted by Crippen LogP contribution is -2.46. The summed E-state index contributed by atoms with van der Waals surface area (Å²) in [5.74, 6) is -0.522. The Kier molecular flexibility index (Phi) is 38.3. The summed E-state index contributed by atoms with van der Waals surface area (Å²) in [4.78, 5) is 25.9. The van der Waals surface area contributed by atoms with Crippen LogP contribution in [0.2, 0.25) is 0 Å². The number of amides is 1. The summed E-state index contributed by atoms with van der Waals surface area (Å²) in [6.45, 7) is 6.28. The molecule has 0 radical (unpaired) electrons. The average Bonchev–Trinajstić information content (AvgIpc) is 3.13. The Morgan fingerprint density at radius 1 is 0.577 bits per heavy atom. The lowest BCUT2D eigenvalue weighted by molar-refractivity contribution is -0.151. The zero-order valence-electron chi connectivity index (χ0n) is 34.2. The number of hydrogen-bond donors (Lipinski definition) is 3. The number of aliphatic hydroxyl groups is 2. The van der Waals surface area contributed by atoms with Gasteiger partial charge >= 0.3 is 5.97 Å². The molecule has 52 heavy (non-hydrogen) atoms. The van der Waals surface area contributed by atoms with E-state index in [1.165, 1.54) is 57.8 Å². The third kappa shape index (κ3) is 34.9. The van der Waals surface area contributed by atoms with Crippen molar-refractivity contribution in [3.05, 3.63) is 48.6 Å². The van der Waals surface area contributed by atoms with Gasteiger partial charge in [0.1, 0.15) is 6.10 Å². The van der Waals surface area contributed by atoms with Crippen LogP contribution in [0.5, 0.6) is 0 Å². The number of carbonyl (C=O) groups is 2.